The Hall–Kier alpha value is -1.83. The van der Waals surface area contributed by atoms with Crippen LogP contribution in [0.2, 0.25) is 0 Å². The lowest BCUT2D eigenvalue weighted by Crippen LogP contribution is -1.87. The average Bonchev–Trinajstić information content (AvgIpc) is 2.39. The molecule has 1 N–H and O–H groups in total. The van der Waals surface area contributed by atoms with Crippen LogP contribution in [-0.4, -0.2) is 17.9 Å². The maximum Gasteiger partial charge on any atom is 0.124 e. The molecule has 2 nitrogen and oxygen atoms in total. The van der Waals surface area contributed by atoms with Crippen LogP contribution < -0.4 is 0 Å². The Morgan fingerprint density at radius 3 is 2.56 bits per heavy atom. The minimum absolute atomic E-state index is 0.299. The zero-order valence-electron chi connectivity index (χ0n) is 10.8. The van der Waals surface area contributed by atoms with E-state index in [-0.39, 0.29) is 0 Å². The van der Waals surface area contributed by atoms with Crippen LogP contribution in [0.5, 0.6) is 5.75 Å². The molecule has 2 heteroatoms. The normalized spacial score (nSPS) is 11.4. The van der Waals surface area contributed by atoms with Crippen LogP contribution in [0.3, 0.4) is 0 Å². The van der Waals surface area contributed by atoms with Gasteiger partial charge in [0.2, 0.25) is 0 Å². The highest BCUT2D eigenvalue weighted by molar-refractivity contribution is 5.93. The van der Waals surface area contributed by atoms with Crippen molar-refractivity contribution in [3.8, 4) is 5.75 Å². The first kappa shape index (κ1) is 12.6. The second-order valence-electron chi connectivity index (χ2n) is 4.50. The Kier molecular flexibility index (Phi) is 4.35. The molecule has 0 bridgehead atoms. The van der Waals surface area contributed by atoms with E-state index in [4.69, 9.17) is 0 Å². The molecule has 2 aromatic carbocycles. The summed E-state index contributed by atoms with van der Waals surface area (Å²) in [5.74, 6) is 0.299. The second-order valence-corrected chi connectivity index (χ2v) is 4.50. The van der Waals surface area contributed by atoms with Gasteiger partial charge in [0.25, 0.3) is 0 Å². The fraction of sp³-hybridized carbons (Fsp3) is 0.312. The Morgan fingerprint density at radius 1 is 1.11 bits per heavy atom. The number of benzene rings is 2. The Bertz CT molecular complexity index is 546. The lowest BCUT2D eigenvalue weighted by Gasteiger charge is -2.02. The first-order chi connectivity index (χ1) is 8.81. The van der Waals surface area contributed by atoms with Crippen LogP contribution in [-0.2, 0) is 0 Å². The average molecular weight is 241 g/mol. The number of fused-ring (bicyclic) bond motifs is 1. The van der Waals surface area contributed by atoms with Crippen LogP contribution in [0, 0.1) is 0 Å². The third kappa shape index (κ3) is 3.10. The largest absolute Gasteiger partial charge is 0.507 e. The highest BCUT2D eigenvalue weighted by Crippen LogP contribution is 2.23. The molecule has 18 heavy (non-hydrogen) atoms. The first-order valence-corrected chi connectivity index (χ1v) is 6.53. The topological polar surface area (TPSA) is 32.6 Å². The quantitative estimate of drug-likeness (QED) is 0.619. The summed E-state index contributed by atoms with van der Waals surface area (Å²) in [5, 5.41) is 12.1. The summed E-state index contributed by atoms with van der Waals surface area (Å²) in [6, 6.07) is 11.8. The van der Waals surface area contributed by atoms with Gasteiger partial charge in [-0.15, -0.1) is 0 Å². The molecule has 0 atom stereocenters. The van der Waals surface area contributed by atoms with Crippen LogP contribution in [0.25, 0.3) is 10.8 Å². The molecule has 0 aliphatic carbocycles. The van der Waals surface area contributed by atoms with Crippen molar-refractivity contribution < 1.29 is 5.11 Å². The van der Waals surface area contributed by atoms with E-state index in [9.17, 15) is 5.11 Å². The van der Waals surface area contributed by atoms with Gasteiger partial charge in [0.05, 0.1) is 0 Å². The first-order valence-electron chi connectivity index (χ1n) is 6.53. The van der Waals surface area contributed by atoms with Gasteiger partial charge in [-0.1, -0.05) is 44.0 Å². The van der Waals surface area contributed by atoms with E-state index in [1.54, 1.807) is 12.3 Å². The molecule has 0 heterocycles. The van der Waals surface area contributed by atoms with Crippen molar-refractivity contribution in [1.29, 1.82) is 0 Å². The number of hydrogen-bond acceptors (Lipinski definition) is 2. The van der Waals surface area contributed by atoms with Gasteiger partial charge >= 0.3 is 0 Å². The molecule has 0 aromatic heterocycles. The smallest absolute Gasteiger partial charge is 0.124 e. The molecular weight excluding hydrogens is 222 g/mol. The van der Waals surface area contributed by atoms with Crippen molar-refractivity contribution >= 4 is 17.0 Å². The SMILES string of the molecule is CCCCCN=Cc1cc2ccccc2cc1O. The Labute approximate surface area is 108 Å². The number of nitrogens with zero attached hydrogens (tertiary/aromatic N) is 1. The van der Waals surface area contributed by atoms with Crippen molar-refractivity contribution in [2.45, 2.75) is 26.2 Å². The Balaban J connectivity index is 2.15. The Morgan fingerprint density at radius 2 is 1.83 bits per heavy atom. The number of phenolic OH excluding ortho intramolecular Hbond substituents is 1. The fourth-order valence-corrected chi connectivity index (χ4v) is 1.97. The summed E-state index contributed by atoms with van der Waals surface area (Å²) in [5.41, 5.74) is 0.796. The van der Waals surface area contributed by atoms with Gasteiger partial charge in [-0.2, -0.15) is 0 Å². The molecule has 2 aromatic rings. The molecule has 0 saturated carbocycles. The summed E-state index contributed by atoms with van der Waals surface area (Å²) >= 11 is 0. The van der Waals surface area contributed by atoms with E-state index in [0.717, 1.165) is 29.3 Å². The van der Waals surface area contributed by atoms with E-state index in [0.29, 0.717) is 5.75 Å². The molecular formula is C16H19NO. The van der Waals surface area contributed by atoms with Gasteiger partial charge < -0.3 is 5.11 Å². The zero-order chi connectivity index (χ0) is 12.8. The summed E-state index contributed by atoms with van der Waals surface area (Å²) in [4.78, 5) is 4.36. The third-order valence-corrected chi connectivity index (χ3v) is 3.02. The van der Waals surface area contributed by atoms with Gasteiger partial charge in [0.15, 0.2) is 0 Å². The summed E-state index contributed by atoms with van der Waals surface area (Å²) < 4.78 is 0. The van der Waals surface area contributed by atoms with Gasteiger partial charge in [-0.05, 0) is 29.3 Å². The molecule has 0 radical (unpaired) electrons. The fourth-order valence-electron chi connectivity index (χ4n) is 1.97. The molecule has 0 amide bonds. The molecule has 2 rings (SSSR count). The van der Waals surface area contributed by atoms with Crippen molar-refractivity contribution in [2.24, 2.45) is 4.99 Å². The summed E-state index contributed by atoms with van der Waals surface area (Å²) in [6.07, 6.45) is 5.30. The van der Waals surface area contributed by atoms with E-state index in [1.165, 1.54) is 12.8 Å². The van der Waals surface area contributed by atoms with Gasteiger partial charge in [0.1, 0.15) is 5.75 Å². The minimum Gasteiger partial charge on any atom is -0.507 e. The summed E-state index contributed by atoms with van der Waals surface area (Å²) in [6.45, 7) is 3.01. The predicted molar refractivity (Wildman–Crippen MR) is 77.6 cm³/mol. The van der Waals surface area contributed by atoms with Crippen LogP contribution in [0.4, 0.5) is 0 Å². The summed E-state index contributed by atoms with van der Waals surface area (Å²) in [7, 11) is 0. The maximum atomic E-state index is 9.92. The number of hydrogen-bond donors (Lipinski definition) is 1. The lowest BCUT2D eigenvalue weighted by atomic mass is 10.1. The van der Waals surface area contributed by atoms with Crippen LogP contribution in [0.1, 0.15) is 31.7 Å². The minimum atomic E-state index is 0.299. The van der Waals surface area contributed by atoms with Crippen molar-refractivity contribution in [3.05, 3.63) is 42.0 Å². The van der Waals surface area contributed by atoms with Gasteiger partial charge in [-0.25, -0.2) is 0 Å². The number of phenols is 1. The van der Waals surface area contributed by atoms with Crippen molar-refractivity contribution in [2.75, 3.05) is 6.54 Å². The molecule has 0 saturated heterocycles. The van der Waals surface area contributed by atoms with Crippen LogP contribution >= 0.6 is 0 Å². The molecule has 0 aliphatic rings. The monoisotopic (exact) mass is 241 g/mol. The van der Waals surface area contributed by atoms with E-state index < -0.39 is 0 Å². The number of rotatable bonds is 5. The molecule has 0 spiro atoms. The van der Waals surface area contributed by atoms with Gasteiger partial charge in [-0.3, -0.25) is 4.99 Å². The van der Waals surface area contributed by atoms with E-state index in [1.807, 2.05) is 30.3 Å². The van der Waals surface area contributed by atoms with Gasteiger partial charge in [0, 0.05) is 18.3 Å². The highest BCUT2D eigenvalue weighted by Gasteiger charge is 2.00. The molecule has 0 fully saturated rings. The highest BCUT2D eigenvalue weighted by atomic mass is 16.3. The number of unbranched alkanes of at least 4 members (excludes halogenated alkanes) is 2. The lowest BCUT2D eigenvalue weighted by molar-refractivity contribution is 0.475. The standard InChI is InChI=1S/C16H19NO/c1-2-3-6-9-17-12-15-10-13-7-4-5-8-14(13)11-16(15)18/h4-5,7-8,10-12,18H,2-3,6,9H2,1H3. The second kappa shape index (κ2) is 6.20. The van der Waals surface area contributed by atoms with Crippen molar-refractivity contribution in [3.63, 3.8) is 0 Å². The van der Waals surface area contributed by atoms with E-state index in [2.05, 4.69) is 11.9 Å². The van der Waals surface area contributed by atoms with Crippen LogP contribution in [0.15, 0.2) is 41.4 Å². The maximum absolute atomic E-state index is 9.92. The molecule has 94 valence electrons. The predicted octanol–water partition coefficient (Wildman–Crippen LogP) is 4.15. The number of aliphatic imine (C=N–C) groups is 1. The molecule has 0 unspecified atom stereocenters. The zero-order valence-corrected chi connectivity index (χ0v) is 10.8. The molecule has 0 aliphatic heterocycles. The van der Waals surface area contributed by atoms with E-state index >= 15 is 0 Å². The van der Waals surface area contributed by atoms with Crippen molar-refractivity contribution in [1.82, 2.24) is 0 Å². The number of aromatic hydroxyl groups is 1. The third-order valence-electron chi connectivity index (χ3n) is 3.02.